The van der Waals surface area contributed by atoms with Crippen LogP contribution in [-0.4, -0.2) is 104 Å². The molecular formula is C32H42F5NO10. The number of ether oxygens (including phenoxy) is 8. The summed E-state index contributed by atoms with van der Waals surface area (Å²) in [5, 5.41) is 2.69. The van der Waals surface area contributed by atoms with E-state index in [2.05, 4.69) is 21.9 Å². The lowest BCUT2D eigenvalue weighted by Crippen LogP contribution is -2.29. The number of carbonyl (C=O) groups is 2. The van der Waals surface area contributed by atoms with Gasteiger partial charge in [0, 0.05) is 19.4 Å². The molecule has 3 rings (SSSR count). The van der Waals surface area contributed by atoms with E-state index in [1.165, 1.54) is 0 Å². The number of fused-ring (bicyclic) bond motifs is 1. The first-order chi connectivity index (χ1) is 23.3. The fourth-order valence-electron chi connectivity index (χ4n) is 4.93. The minimum absolute atomic E-state index is 0.0769. The topological polar surface area (TPSA) is 120 Å². The molecule has 0 heterocycles. The van der Waals surface area contributed by atoms with Gasteiger partial charge in [-0.25, -0.2) is 18.0 Å². The van der Waals surface area contributed by atoms with E-state index in [1.807, 2.05) is 0 Å². The molecule has 0 spiro atoms. The van der Waals surface area contributed by atoms with Crippen LogP contribution >= 0.6 is 0 Å². The lowest BCUT2D eigenvalue weighted by atomic mass is 10.1. The van der Waals surface area contributed by atoms with E-state index in [0.717, 1.165) is 25.7 Å². The number of hydrogen-bond donors (Lipinski definition) is 1. The molecule has 1 fully saturated rings. The van der Waals surface area contributed by atoms with Crippen LogP contribution in [0.2, 0.25) is 0 Å². The van der Waals surface area contributed by atoms with E-state index in [0.29, 0.717) is 83.8 Å². The Morgan fingerprint density at radius 1 is 0.604 bits per heavy atom. The monoisotopic (exact) mass is 695 g/mol. The summed E-state index contributed by atoms with van der Waals surface area (Å²) in [7, 11) is 0. The third-order valence-electron chi connectivity index (χ3n) is 7.46. The van der Waals surface area contributed by atoms with Gasteiger partial charge in [0.25, 0.3) is 0 Å². The zero-order valence-corrected chi connectivity index (χ0v) is 26.6. The van der Waals surface area contributed by atoms with Crippen molar-refractivity contribution in [2.24, 2.45) is 17.8 Å². The molecule has 0 bridgehead atoms. The molecule has 2 aliphatic carbocycles. The summed E-state index contributed by atoms with van der Waals surface area (Å²) in [6, 6.07) is 0. The second-order valence-corrected chi connectivity index (χ2v) is 10.7. The summed E-state index contributed by atoms with van der Waals surface area (Å²) >= 11 is 0. The maximum Gasteiger partial charge on any atom is 0.407 e. The lowest BCUT2D eigenvalue weighted by molar-refractivity contribution is -0.136. The van der Waals surface area contributed by atoms with Crippen LogP contribution in [0.1, 0.15) is 32.1 Å². The van der Waals surface area contributed by atoms with E-state index in [-0.39, 0.29) is 26.4 Å². The number of amides is 1. The highest BCUT2D eigenvalue weighted by Crippen LogP contribution is 2.52. The van der Waals surface area contributed by atoms with Gasteiger partial charge in [-0.2, -0.15) is 8.78 Å². The molecule has 0 saturated heterocycles. The van der Waals surface area contributed by atoms with Crippen molar-refractivity contribution in [2.75, 3.05) is 92.4 Å². The Hall–Kier alpha value is -3.07. The van der Waals surface area contributed by atoms with E-state index in [4.69, 9.17) is 33.2 Å². The number of benzene rings is 1. The smallest absolute Gasteiger partial charge is 0.407 e. The van der Waals surface area contributed by atoms with Gasteiger partial charge < -0.3 is 43.2 Å². The average molecular weight is 696 g/mol. The Balaban J connectivity index is 1.00. The molecule has 11 nitrogen and oxygen atoms in total. The van der Waals surface area contributed by atoms with Gasteiger partial charge in [0.1, 0.15) is 0 Å². The first-order valence-corrected chi connectivity index (χ1v) is 15.9. The van der Waals surface area contributed by atoms with E-state index >= 15 is 0 Å². The number of alkyl carbamates (subject to hydrolysis) is 1. The fourth-order valence-corrected chi connectivity index (χ4v) is 4.93. The van der Waals surface area contributed by atoms with Crippen LogP contribution in [0.5, 0.6) is 5.75 Å². The maximum atomic E-state index is 13.5. The minimum Gasteiger partial charge on any atom is -0.449 e. The van der Waals surface area contributed by atoms with Gasteiger partial charge in [-0.05, 0) is 30.6 Å². The van der Waals surface area contributed by atoms with Crippen molar-refractivity contribution in [1.29, 1.82) is 0 Å². The van der Waals surface area contributed by atoms with Gasteiger partial charge in [0.15, 0.2) is 0 Å². The molecule has 48 heavy (non-hydrogen) atoms. The minimum atomic E-state index is -2.35. The highest BCUT2D eigenvalue weighted by atomic mass is 19.2. The van der Waals surface area contributed by atoms with Gasteiger partial charge in [-0.15, -0.1) is 11.8 Å². The van der Waals surface area contributed by atoms with Crippen LogP contribution in [0.3, 0.4) is 0 Å². The largest absolute Gasteiger partial charge is 0.449 e. The van der Waals surface area contributed by atoms with E-state index in [1.54, 1.807) is 0 Å². The summed E-state index contributed by atoms with van der Waals surface area (Å²) in [5.74, 6) is -6.06. The summed E-state index contributed by atoms with van der Waals surface area (Å²) in [5.41, 5.74) is 0. The Labute approximate surface area is 276 Å². The Morgan fingerprint density at radius 2 is 1.02 bits per heavy atom. The van der Waals surface area contributed by atoms with Crippen molar-refractivity contribution >= 4 is 12.1 Å². The second kappa shape index (κ2) is 22.5. The number of hydrogen-bond acceptors (Lipinski definition) is 10. The molecule has 3 atom stereocenters. The molecular weight excluding hydrogens is 653 g/mol. The molecule has 16 heteroatoms. The standard InChI is InChI=1S/C32H42F5NO10/c33-26-27(34)29(36)31(30(37)28(26)35)48-25(39)7-9-41-11-13-43-15-17-45-19-20-46-18-16-44-14-12-42-10-8-38-32(40)47-21-24-22-5-3-1-2-4-6-23(22)24/h22-24H,3-21H2,(H,38,40)/t22-,23+,24?. The predicted octanol–water partition coefficient (Wildman–Crippen LogP) is 3.94. The van der Waals surface area contributed by atoms with Gasteiger partial charge in [0.05, 0.1) is 92.3 Å². The van der Waals surface area contributed by atoms with Crippen LogP contribution < -0.4 is 10.1 Å². The highest BCUT2D eigenvalue weighted by Gasteiger charge is 2.49. The van der Waals surface area contributed by atoms with Gasteiger partial charge in [-0.3, -0.25) is 4.79 Å². The number of nitrogens with one attached hydrogen (secondary N) is 1. The number of carbonyl (C=O) groups excluding carboxylic acids is 2. The maximum absolute atomic E-state index is 13.5. The zero-order chi connectivity index (χ0) is 34.6. The van der Waals surface area contributed by atoms with Crippen molar-refractivity contribution in [3.8, 4) is 17.6 Å². The quantitative estimate of drug-likeness (QED) is 0.0324. The second-order valence-electron chi connectivity index (χ2n) is 10.7. The van der Waals surface area contributed by atoms with Crippen molar-refractivity contribution in [1.82, 2.24) is 5.32 Å². The molecule has 2 aliphatic rings. The number of rotatable bonds is 24. The summed E-state index contributed by atoms with van der Waals surface area (Å²) in [6.07, 6.45) is 3.15. The van der Waals surface area contributed by atoms with Crippen LogP contribution in [0.15, 0.2) is 0 Å². The normalized spacial score (nSPS) is 18.2. The Bertz CT molecular complexity index is 1170. The first kappa shape index (κ1) is 39.4. The van der Waals surface area contributed by atoms with E-state index in [9.17, 15) is 31.5 Å². The molecule has 1 saturated carbocycles. The van der Waals surface area contributed by atoms with Crippen molar-refractivity contribution in [2.45, 2.75) is 32.1 Å². The van der Waals surface area contributed by atoms with Gasteiger partial charge >= 0.3 is 12.1 Å². The molecule has 1 aromatic rings. The number of halogens is 5. The van der Waals surface area contributed by atoms with Crippen LogP contribution in [0.25, 0.3) is 0 Å². The average Bonchev–Trinajstić information content (AvgIpc) is 3.72. The molecule has 1 aromatic carbocycles. The third-order valence-corrected chi connectivity index (χ3v) is 7.46. The predicted molar refractivity (Wildman–Crippen MR) is 157 cm³/mol. The third kappa shape index (κ3) is 14.2. The molecule has 1 unspecified atom stereocenters. The Morgan fingerprint density at radius 3 is 1.50 bits per heavy atom. The van der Waals surface area contributed by atoms with Crippen molar-refractivity contribution < 1.29 is 69.4 Å². The molecule has 0 radical (unpaired) electrons. The molecule has 1 amide bonds. The number of esters is 1. The SMILES string of the molecule is O=C(CCOCCOCCOCCOCCOCCOCCNC(=O)OCC1[C@H]2CCC#CCC[C@@H]12)Oc1c(F)c(F)c(F)c(F)c1F. The molecule has 1 N–H and O–H groups in total. The summed E-state index contributed by atoms with van der Waals surface area (Å²) < 4.78 is 108. The molecule has 0 aliphatic heterocycles. The Kier molecular flexibility index (Phi) is 18.5. The van der Waals surface area contributed by atoms with Gasteiger partial charge in [-0.1, -0.05) is 0 Å². The van der Waals surface area contributed by atoms with Crippen LogP contribution in [0.4, 0.5) is 26.7 Å². The lowest BCUT2D eigenvalue weighted by Gasteiger charge is -2.09. The van der Waals surface area contributed by atoms with Crippen molar-refractivity contribution in [3.63, 3.8) is 0 Å². The molecule has 0 aromatic heterocycles. The highest BCUT2D eigenvalue weighted by molar-refractivity contribution is 5.72. The van der Waals surface area contributed by atoms with Crippen LogP contribution in [0, 0.1) is 58.7 Å². The summed E-state index contributed by atoms with van der Waals surface area (Å²) in [6.45, 7) is 4.01. The van der Waals surface area contributed by atoms with E-state index < -0.39 is 53.3 Å². The summed E-state index contributed by atoms with van der Waals surface area (Å²) in [4.78, 5) is 23.5. The zero-order valence-electron chi connectivity index (χ0n) is 26.6. The van der Waals surface area contributed by atoms with Crippen LogP contribution in [-0.2, 0) is 38.0 Å². The fraction of sp³-hybridized carbons (Fsp3) is 0.688. The van der Waals surface area contributed by atoms with Crippen molar-refractivity contribution in [3.05, 3.63) is 29.1 Å². The van der Waals surface area contributed by atoms with Gasteiger partial charge in [0.2, 0.25) is 34.8 Å². The first-order valence-electron chi connectivity index (χ1n) is 15.9. The molecule has 270 valence electrons.